The molecule has 112 valence electrons. The summed E-state index contributed by atoms with van der Waals surface area (Å²) in [7, 11) is 0. The van der Waals surface area contributed by atoms with Crippen molar-refractivity contribution in [2.75, 3.05) is 17.2 Å². The van der Waals surface area contributed by atoms with Gasteiger partial charge in [0.05, 0.1) is 12.6 Å². The van der Waals surface area contributed by atoms with Gasteiger partial charge in [-0.05, 0) is 33.6 Å². The van der Waals surface area contributed by atoms with E-state index in [1.54, 1.807) is 0 Å². The number of hydrogen-bond donors (Lipinski definition) is 1. The highest BCUT2D eigenvalue weighted by atomic mass is 15.4. The number of aromatic nitrogens is 5. The van der Waals surface area contributed by atoms with E-state index in [1.165, 1.54) is 0 Å². The zero-order valence-electron chi connectivity index (χ0n) is 12.7. The Bertz CT molecular complexity index is 629. The lowest BCUT2D eigenvalue weighted by molar-refractivity contribution is 0.495. The molecule has 0 unspecified atom stereocenters. The van der Waals surface area contributed by atoms with Gasteiger partial charge >= 0.3 is 0 Å². The molecular weight excluding hydrogens is 266 g/mol. The van der Waals surface area contributed by atoms with E-state index in [1.807, 2.05) is 31.5 Å². The number of nitrogen functional groups attached to an aromatic ring is 1. The van der Waals surface area contributed by atoms with Crippen LogP contribution in [0.2, 0.25) is 0 Å². The SMILES string of the molecule is Cc1cc(N2CCC[C@@H]2Cn2nc(C)nc2C)nc(N)n1. The fraction of sp³-hybridized carbons (Fsp3) is 0.571. The number of nitrogens with zero attached hydrogens (tertiary/aromatic N) is 6. The molecule has 1 saturated heterocycles. The topological polar surface area (TPSA) is 85.8 Å². The van der Waals surface area contributed by atoms with Crippen molar-refractivity contribution < 1.29 is 0 Å². The summed E-state index contributed by atoms with van der Waals surface area (Å²) in [5, 5.41) is 4.46. The van der Waals surface area contributed by atoms with E-state index < -0.39 is 0 Å². The molecule has 7 heteroatoms. The van der Waals surface area contributed by atoms with E-state index in [9.17, 15) is 0 Å². The summed E-state index contributed by atoms with van der Waals surface area (Å²) in [6.07, 6.45) is 2.28. The number of hydrogen-bond acceptors (Lipinski definition) is 6. The highest BCUT2D eigenvalue weighted by Gasteiger charge is 2.27. The first-order valence-electron chi connectivity index (χ1n) is 7.29. The summed E-state index contributed by atoms with van der Waals surface area (Å²) in [6.45, 7) is 7.68. The Labute approximate surface area is 124 Å². The normalized spacial score (nSPS) is 18.4. The molecule has 2 aromatic heterocycles. The Balaban J connectivity index is 1.83. The number of nitrogens with two attached hydrogens (primary N) is 1. The molecule has 21 heavy (non-hydrogen) atoms. The maximum absolute atomic E-state index is 5.78. The first-order chi connectivity index (χ1) is 10.0. The zero-order valence-corrected chi connectivity index (χ0v) is 12.7. The Morgan fingerprint density at radius 1 is 1.24 bits per heavy atom. The standard InChI is InChI=1S/C14H21N7/c1-9-7-13(18-14(15)16-9)20-6-4-5-12(20)8-21-11(3)17-10(2)19-21/h7,12H,4-6,8H2,1-3H3,(H2,15,16,18)/t12-/m1/s1. The number of rotatable bonds is 3. The van der Waals surface area contributed by atoms with Crippen LogP contribution in [0.4, 0.5) is 11.8 Å². The van der Waals surface area contributed by atoms with Crippen LogP contribution in [0.15, 0.2) is 6.07 Å². The Morgan fingerprint density at radius 3 is 2.71 bits per heavy atom. The van der Waals surface area contributed by atoms with Crippen LogP contribution in [0.3, 0.4) is 0 Å². The first-order valence-corrected chi connectivity index (χ1v) is 7.29. The third-order valence-corrected chi connectivity index (χ3v) is 3.88. The van der Waals surface area contributed by atoms with Crippen LogP contribution in [0.25, 0.3) is 0 Å². The minimum atomic E-state index is 0.337. The van der Waals surface area contributed by atoms with Gasteiger partial charge in [-0.3, -0.25) is 0 Å². The van der Waals surface area contributed by atoms with Crippen LogP contribution in [0.5, 0.6) is 0 Å². The van der Waals surface area contributed by atoms with Crippen molar-refractivity contribution in [1.29, 1.82) is 0 Å². The lowest BCUT2D eigenvalue weighted by atomic mass is 10.2. The molecule has 2 N–H and O–H groups in total. The van der Waals surface area contributed by atoms with Gasteiger partial charge in [-0.15, -0.1) is 0 Å². The molecule has 1 fully saturated rings. The van der Waals surface area contributed by atoms with E-state index in [-0.39, 0.29) is 0 Å². The van der Waals surface area contributed by atoms with Crippen molar-refractivity contribution in [2.24, 2.45) is 0 Å². The molecule has 0 amide bonds. The molecule has 7 nitrogen and oxygen atoms in total. The third-order valence-electron chi connectivity index (χ3n) is 3.88. The van der Waals surface area contributed by atoms with Gasteiger partial charge in [-0.25, -0.2) is 14.6 Å². The molecule has 2 aromatic rings. The van der Waals surface area contributed by atoms with Crippen molar-refractivity contribution in [3.8, 4) is 0 Å². The van der Waals surface area contributed by atoms with Gasteiger partial charge in [-0.1, -0.05) is 0 Å². The maximum Gasteiger partial charge on any atom is 0.222 e. The van der Waals surface area contributed by atoms with Gasteiger partial charge in [0.2, 0.25) is 5.95 Å². The lowest BCUT2D eigenvalue weighted by Crippen LogP contribution is -2.34. The zero-order chi connectivity index (χ0) is 15.0. The molecule has 0 radical (unpaired) electrons. The van der Waals surface area contributed by atoms with E-state index in [0.717, 1.165) is 49.1 Å². The number of anilines is 2. The summed E-state index contributed by atoms with van der Waals surface area (Å²) >= 11 is 0. The molecule has 1 aliphatic rings. The second kappa shape index (κ2) is 5.31. The molecule has 3 heterocycles. The average molecular weight is 287 g/mol. The van der Waals surface area contributed by atoms with E-state index in [4.69, 9.17) is 5.73 Å². The smallest absolute Gasteiger partial charge is 0.222 e. The monoisotopic (exact) mass is 287 g/mol. The quantitative estimate of drug-likeness (QED) is 0.914. The van der Waals surface area contributed by atoms with Crippen LogP contribution in [-0.2, 0) is 6.54 Å². The molecule has 1 atom stereocenters. The largest absolute Gasteiger partial charge is 0.368 e. The minimum absolute atomic E-state index is 0.337. The Kier molecular flexibility index (Phi) is 3.48. The minimum Gasteiger partial charge on any atom is -0.368 e. The predicted molar refractivity (Wildman–Crippen MR) is 81.0 cm³/mol. The van der Waals surface area contributed by atoms with Gasteiger partial charge in [-0.2, -0.15) is 10.1 Å². The Morgan fingerprint density at radius 2 is 2.05 bits per heavy atom. The molecule has 0 spiro atoms. The van der Waals surface area contributed by atoms with E-state index in [2.05, 4.69) is 25.0 Å². The van der Waals surface area contributed by atoms with Crippen LogP contribution in [-0.4, -0.2) is 37.3 Å². The van der Waals surface area contributed by atoms with Gasteiger partial charge in [0, 0.05) is 18.3 Å². The van der Waals surface area contributed by atoms with Gasteiger partial charge in [0.25, 0.3) is 0 Å². The molecule has 0 aliphatic carbocycles. The summed E-state index contributed by atoms with van der Waals surface area (Å²) in [5.41, 5.74) is 6.68. The van der Waals surface area contributed by atoms with E-state index in [0.29, 0.717) is 12.0 Å². The Hall–Kier alpha value is -2.18. The van der Waals surface area contributed by atoms with Crippen LogP contribution >= 0.6 is 0 Å². The van der Waals surface area contributed by atoms with Gasteiger partial charge in [0.15, 0.2) is 0 Å². The first kappa shape index (κ1) is 13.8. The van der Waals surface area contributed by atoms with Gasteiger partial charge in [0.1, 0.15) is 17.5 Å². The fourth-order valence-electron chi connectivity index (χ4n) is 2.98. The molecule has 0 saturated carbocycles. The van der Waals surface area contributed by atoms with Crippen LogP contribution in [0.1, 0.15) is 30.2 Å². The van der Waals surface area contributed by atoms with Crippen molar-refractivity contribution in [2.45, 2.75) is 46.2 Å². The third kappa shape index (κ3) is 2.81. The second-order valence-electron chi connectivity index (χ2n) is 5.60. The average Bonchev–Trinajstić information content (AvgIpc) is 2.96. The summed E-state index contributed by atoms with van der Waals surface area (Å²) < 4.78 is 1.98. The molecular formula is C14H21N7. The molecule has 0 bridgehead atoms. The lowest BCUT2D eigenvalue weighted by Gasteiger charge is -2.26. The number of aryl methyl sites for hydroxylation is 3. The highest BCUT2D eigenvalue weighted by Crippen LogP contribution is 2.26. The van der Waals surface area contributed by atoms with Gasteiger partial charge < -0.3 is 10.6 Å². The summed E-state index contributed by atoms with van der Waals surface area (Å²) in [6, 6.07) is 2.37. The second-order valence-corrected chi connectivity index (χ2v) is 5.60. The highest BCUT2D eigenvalue weighted by molar-refractivity contribution is 5.45. The fourth-order valence-corrected chi connectivity index (χ4v) is 2.98. The summed E-state index contributed by atoms with van der Waals surface area (Å²) in [5.74, 6) is 3.03. The summed E-state index contributed by atoms with van der Waals surface area (Å²) in [4.78, 5) is 15.2. The molecule has 1 aliphatic heterocycles. The van der Waals surface area contributed by atoms with Crippen LogP contribution in [0, 0.1) is 20.8 Å². The predicted octanol–water partition coefficient (Wildman–Crippen LogP) is 1.24. The molecule has 0 aromatic carbocycles. The van der Waals surface area contributed by atoms with Crippen molar-refractivity contribution in [3.63, 3.8) is 0 Å². The van der Waals surface area contributed by atoms with Crippen molar-refractivity contribution in [1.82, 2.24) is 24.7 Å². The van der Waals surface area contributed by atoms with Crippen molar-refractivity contribution >= 4 is 11.8 Å². The van der Waals surface area contributed by atoms with E-state index >= 15 is 0 Å². The maximum atomic E-state index is 5.78. The van der Waals surface area contributed by atoms with Crippen molar-refractivity contribution in [3.05, 3.63) is 23.4 Å². The molecule has 3 rings (SSSR count). The van der Waals surface area contributed by atoms with Crippen LogP contribution < -0.4 is 10.6 Å².